The van der Waals surface area contributed by atoms with E-state index in [1.54, 1.807) is 0 Å². The molecule has 2 rings (SSSR count). The molecule has 1 N–H and O–H groups in total. The second-order valence-electron chi connectivity index (χ2n) is 5.99. The fourth-order valence-electron chi connectivity index (χ4n) is 2.74. The van der Waals surface area contributed by atoms with Gasteiger partial charge in [-0.05, 0) is 36.1 Å². The van der Waals surface area contributed by atoms with Gasteiger partial charge in [0.2, 0.25) is 0 Å². The van der Waals surface area contributed by atoms with E-state index >= 15 is 0 Å². The smallest absolute Gasteiger partial charge is 0.119 e. The zero-order valence-corrected chi connectivity index (χ0v) is 13.1. The van der Waals surface area contributed by atoms with Crippen molar-refractivity contribution in [2.45, 2.75) is 27.3 Å². The summed E-state index contributed by atoms with van der Waals surface area (Å²) in [4.78, 5) is 2.51. The van der Waals surface area contributed by atoms with Crippen LogP contribution in [0.3, 0.4) is 0 Å². The Morgan fingerprint density at radius 2 is 2.00 bits per heavy atom. The molecule has 0 aromatic heterocycles. The molecule has 0 aliphatic carbocycles. The molecule has 2 atom stereocenters. The monoisotopic (exact) mass is 276 g/mol. The van der Waals surface area contributed by atoms with E-state index in [-0.39, 0.29) is 0 Å². The molecule has 1 heterocycles. The lowest BCUT2D eigenvalue weighted by molar-refractivity contribution is 0.232. The standard InChI is InChI=1S/C17H28N2O/c1-4-18-11-16-6-5-7-17(10-16)20-9-8-19-12-14(2)15(3)13-19/h5-7,10,14-15,18H,4,8-9,11-13H2,1-3H3. The van der Waals surface area contributed by atoms with E-state index in [1.165, 1.54) is 18.7 Å². The van der Waals surface area contributed by atoms with Crippen molar-refractivity contribution in [2.75, 3.05) is 32.8 Å². The van der Waals surface area contributed by atoms with E-state index in [0.29, 0.717) is 0 Å². The van der Waals surface area contributed by atoms with Crippen molar-refractivity contribution in [3.8, 4) is 5.75 Å². The zero-order valence-electron chi connectivity index (χ0n) is 13.1. The van der Waals surface area contributed by atoms with Gasteiger partial charge in [0, 0.05) is 26.2 Å². The zero-order chi connectivity index (χ0) is 14.4. The third kappa shape index (κ3) is 4.50. The number of likely N-dealkylation sites (tertiary alicyclic amines) is 1. The third-order valence-corrected chi connectivity index (χ3v) is 4.22. The van der Waals surface area contributed by atoms with Crippen molar-refractivity contribution >= 4 is 0 Å². The number of benzene rings is 1. The van der Waals surface area contributed by atoms with Gasteiger partial charge in [-0.2, -0.15) is 0 Å². The van der Waals surface area contributed by atoms with Crippen LogP contribution in [0.1, 0.15) is 26.3 Å². The molecule has 1 aromatic carbocycles. The lowest BCUT2D eigenvalue weighted by Crippen LogP contribution is -2.26. The molecule has 1 aliphatic heterocycles. The summed E-state index contributed by atoms with van der Waals surface area (Å²) in [5.41, 5.74) is 1.28. The van der Waals surface area contributed by atoms with E-state index in [9.17, 15) is 0 Å². The lowest BCUT2D eigenvalue weighted by atomic mass is 10.0. The molecule has 1 saturated heterocycles. The van der Waals surface area contributed by atoms with Crippen LogP contribution in [0, 0.1) is 11.8 Å². The fourth-order valence-corrected chi connectivity index (χ4v) is 2.74. The Labute approximate surface area is 123 Å². The summed E-state index contributed by atoms with van der Waals surface area (Å²) in [6, 6.07) is 8.39. The SMILES string of the molecule is CCNCc1cccc(OCCN2CC(C)C(C)C2)c1. The first-order valence-corrected chi connectivity index (χ1v) is 7.84. The number of rotatable bonds is 7. The van der Waals surface area contributed by atoms with Crippen LogP contribution in [0.5, 0.6) is 5.75 Å². The number of ether oxygens (including phenoxy) is 1. The minimum atomic E-state index is 0.782. The van der Waals surface area contributed by atoms with Crippen LogP contribution in [0.25, 0.3) is 0 Å². The highest BCUT2D eigenvalue weighted by Crippen LogP contribution is 2.21. The molecule has 112 valence electrons. The molecule has 1 fully saturated rings. The molecular weight excluding hydrogens is 248 g/mol. The first kappa shape index (κ1) is 15.3. The summed E-state index contributed by atoms with van der Waals surface area (Å²) in [7, 11) is 0. The molecule has 0 bridgehead atoms. The van der Waals surface area contributed by atoms with Crippen LogP contribution in [0.2, 0.25) is 0 Å². The van der Waals surface area contributed by atoms with Gasteiger partial charge in [0.15, 0.2) is 0 Å². The summed E-state index contributed by atoms with van der Waals surface area (Å²) in [5, 5.41) is 3.34. The van der Waals surface area contributed by atoms with E-state index in [2.05, 4.69) is 49.2 Å². The molecule has 1 aliphatic rings. The predicted octanol–water partition coefficient (Wildman–Crippen LogP) is 2.76. The Kier molecular flexibility index (Phi) is 5.86. The number of nitrogens with zero attached hydrogens (tertiary/aromatic N) is 1. The molecule has 0 amide bonds. The van der Waals surface area contributed by atoms with Gasteiger partial charge in [0.1, 0.15) is 12.4 Å². The highest BCUT2D eigenvalue weighted by atomic mass is 16.5. The fraction of sp³-hybridized carbons (Fsp3) is 0.647. The van der Waals surface area contributed by atoms with Crippen molar-refractivity contribution in [1.82, 2.24) is 10.2 Å². The second-order valence-corrected chi connectivity index (χ2v) is 5.99. The summed E-state index contributed by atoms with van der Waals surface area (Å²) in [6.07, 6.45) is 0. The van der Waals surface area contributed by atoms with Crippen molar-refractivity contribution in [2.24, 2.45) is 11.8 Å². The molecule has 1 aromatic rings. The van der Waals surface area contributed by atoms with Crippen molar-refractivity contribution in [3.63, 3.8) is 0 Å². The highest BCUT2D eigenvalue weighted by Gasteiger charge is 2.25. The van der Waals surface area contributed by atoms with E-state index in [1.807, 2.05) is 6.07 Å². The Hall–Kier alpha value is -1.06. The van der Waals surface area contributed by atoms with E-state index in [4.69, 9.17) is 4.74 Å². The average molecular weight is 276 g/mol. The molecule has 20 heavy (non-hydrogen) atoms. The Morgan fingerprint density at radius 3 is 2.70 bits per heavy atom. The van der Waals surface area contributed by atoms with Gasteiger partial charge < -0.3 is 10.1 Å². The van der Waals surface area contributed by atoms with Crippen molar-refractivity contribution in [1.29, 1.82) is 0 Å². The van der Waals surface area contributed by atoms with Gasteiger partial charge in [-0.15, -0.1) is 0 Å². The van der Waals surface area contributed by atoms with Gasteiger partial charge in [0.25, 0.3) is 0 Å². The van der Waals surface area contributed by atoms with Crippen LogP contribution in [0.15, 0.2) is 24.3 Å². The van der Waals surface area contributed by atoms with Gasteiger partial charge >= 0.3 is 0 Å². The Bertz CT molecular complexity index is 398. The molecule has 0 spiro atoms. The number of hydrogen-bond donors (Lipinski definition) is 1. The van der Waals surface area contributed by atoms with Crippen LogP contribution in [-0.2, 0) is 6.54 Å². The van der Waals surface area contributed by atoms with Crippen LogP contribution >= 0.6 is 0 Å². The largest absolute Gasteiger partial charge is 0.492 e. The number of nitrogens with one attached hydrogen (secondary N) is 1. The molecule has 0 saturated carbocycles. The minimum Gasteiger partial charge on any atom is -0.492 e. The average Bonchev–Trinajstić information content (AvgIpc) is 2.76. The normalized spacial score (nSPS) is 23.1. The molecule has 2 unspecified atom stereocenters. The summed E-state index contributed by atoms with van der Waals surface area (Å²) >= 11 is 0. The second kappa shape index (κ2) is 7.65. The van der Waals surface area contributed by atoms with E-state index < -0.39 is 0 Å². The maximum absolute atomic E-state index is 5.89. The van der Waals surface area contributed by atoms with Gasteiger partial charge in [0.05, 0.1) is 0 Å². The lowest BCUT2D eigenvalue weighted by Gasteiger charge is -2.16. The maximum Gasteiger partial charge on any atom is 0.119 e. The van der Waals surface area contributed by atoms with Gasteiger partial charge in [-0.3, -0.25) is 4.90 Å². The minimum absolute atomic E-state index is 0.782. The van der Waals surface area contributed by atoms with Crippen LogP contribution in [0.4, 0.5) is 0 Å². The van der Waals surface area contributed by atoms with Crippen LogP contribution < -0.4 is 10.1 Å². The first-order chi connectivity index (χ1) is 9.69. The third-order valence-electron chi connectivity index (χ3n) is 4.22. The molecule has 3 nitrogen and oxygen atoms in total. The Morgan fingerprint density at radius 1 is 1.25 bits per heavy atom. The predicted molar refractivity (Wildman–Crippen MR) is 84.1 cm³/mol. The maximum atomic E-state index is 5.89. The molecule has 3 heteroatoms. The number of hydrogen-bond acceptors (Lipinski definition) is 3. The summed E-state index contributed by atoms with van der Waals surface area (Å²) in [6.45, 7) is 13.0. The van der Waals surface area contributed by atoms with Crippen molar-refractivity contribution < 1.29 is 4.74 Å². The van der Waals surface area contributed by atoms with Crippen molar-refractivity contribution in [3.05, 3.63) is 29.8 Å². The molecule has 0 radical (unpaired) electrons. The summed E-state index contributed by atoms with van der Waals surface area (Å²) < 4.78 is 5.89. The summed E-state index contributed by atoms with van der Waals surface area (Å²) in [5.74, 6) is 2.62. The Balaban J connectivity index is 1.74. The molecular formula is C17H28N2O. The van der Waals surface area contributed by atoms with Gasteiger partial charge in [-0.25, -0.2) is 0 Å². The highest BCUT2D eigenvalue weighted by molar-refractivity contribution is 5.28. The quantitative estimate of drug-likeness (QED) is 0.829. The topological polar surface area (TPSA) is 24.5 Å². The first-order valence-electron chi connectivity index (χ1n) is 7.84. The van der Waals surface area contributed by atoms with Crippen LogP contribution in [-0.4, -0.2) is 37.7 Å². The van der Waals surface area contributed by atoms with E-state index in [0.717, 1.165) is 43.8 Å². The van der Waals surface area contributed by atoms with Gasteiger partial charge in [-0.1, -0.05) is 32.9 Å².